The van der Waals surface area contributed by atoms with E-state index < -0.39 is 0 Å². The van der Waals surface area contributed by atoms with Gasteiger partial charge in [0.25, 0.3) is 5.56 Å². The molecule has 0 aliphatic carbocycles. The molecule has 0 bridgehead atoms. The highest BCUT2D eigenvalue weighted by atomic mass is 79.9. The number of benzene rings is 4. The number of ether oxygens (including phenoxy) is 2. The van der Waals surface area contributed by atoms with Gasteiger partial charge in [0.2, 0.25) is 5.82 Å². The van der Waals surface area contributed by atoms with E-state index in [1.54, 1.807) is 36.5 Å². The number of nitrogens with zero attached hydrogens (tertiary/aromatic N) is 4. The van der Waals surface area contributed by atoms with Crippen molar-refractivity contribution in [1.29, 1.82) is 5.26 Å². The van der Waals surface area contributed by atoms with Crippen LogP contribution in [-0.2, 0) is 6.61 Å². The van der Waals surface area contributed by atoms with Crippen LogP contribution in [0.5, 0.6) is 11.5 Å². The van der Waals surface area contributed by atoms with E-state index in [9.17, 15) is 10.1 Å². The van der Waals surface area contributed by atoms with E-state index in [4.69, 9.17) is 18.9 Å². The molecule has 11 heteroatoms. The molecule has 2 aromatic heterocycles. The number of fused-ring (bicyclic) bond motifs is 2. The Morgan fingerprint density at radius 1 is 1.00 bits per heavy atom. The van der Waals surface area contributed by atoms with Gasteiger partial charge in [0.1, 0.15) is 12.2 Å². The highest BCUT2D eigenvalue weighted by molar-refractivity contribution is 9.13. The van der Waals surface area contributed by atoms with E-state index in [0.717, 1.165) is 15.4 Å². The number of para-hydroxylation sites is 1. The Morgan fingerprint density at radius 3 is 2.61 bits per heavy atom. The normalized spacial score (nSPS) is 11.3. The molecule has 44 heavy (non-hydrogen) atoms. The molecule has 0 saturated heterocycles. The standard InChI is InChI=1S/C33H21Br3N4O4/c1-2-42-27-15-22(29(35)30(36)31(27)43-18-20-8-4-3-7-19(20)16-37)17-38-40-32(39-25-10-6-5-9-24(25)33(40)41)28-14-21-13-23(34)11-12-26(21)44-28/h3-15,17H,2,18H2,1H3. The summed E-state index contributed by atoms with van der Waals surface area (Å²) in [6.07, 6.45) is 1.55. The summed E-state index contributed by atoms with van der Waals surface area (Å²) in [5, 5.41) is 15.3. The summed E-state index contributed by atoms with van der Waals surface area (Å²) in [6.45, 7) is 2.42. The van der Waals surface area contributed by atoms with E-state index in [1.165, 1.54) is 4.68 Å². The third-order valence-electron chi connectivity index (χ3n) is 6.73. The predicted octanol–water partition coefficient (Wildman–Crippen LogP) is 8.83. The van der Waals surface area contributed by atoms with Gasteiger partial charge in [0, 0.05) is 25.5 Å². The van der Waals surface area contributed by atoms with Gasteiger partial charge in [-0.15, -0.1) is 0 Å². The lowest BCUT2D eigenvalue weighted by Crippen LogP contribution is -2.20. The lowest BCUT2D eigenvalue weighted by molar-refractivity contribution is 0.267. The lowest BCUT2D eigenvalue weighted by atomic mass is 10.1. The maximum atomic E-state index is 13.7. The van der Waals surface area contributed by atoms with E-state index in [2.05, 4.69) is 59.0 Å². The Hall–Kier alpha value is -4.24. The van der Waals surface area contributed by atoms with Crippen LogP contribution in [0.2, 0.25) is 0 Å². The summed E-state index contributed by atoms with van der Waals surface area (Å²) in [5.74, 6) is 1.58. The van der Waals surface area contributed by atoms with E-state index in [-0.39, 0.29) is 18.0 Å². The van der Waals surface area contributed by atoms with Crippen molar-refractivity contribution in [3.05, 3.63) is 119 Å². The SMILES string of the molecule is CCOc1cc(C=Nn2c(-c3cc4cc(Br)ccc4o3)nc3ccccc3c2=O)c(Br)c(Br)c1OCc1ccccc1C#N. The molecule has 0 aliphatic rings. The van der Waals surface area contributed by atoms with Crippen molar-refractivity contribution < 1.29 is 13.9 Å². The van der Waals surface area contributed by atoms with Gasteiger partial charge >= 0.3 is 0 Å². The molecule has 4 aromatic carbocycles. The van der Waals surface area contributed by atoms with Crippen LogP contribution in [0.3, 0.4) is 0 Å². The fourth-order valence-corrected chi connectivity index (χ4v) is 5.95. The zero-order valence-corrected chi connectivity index (χ0v) is 27.8. The Bertz CT molecular complexity index is 2180. The first-order valence-electron chi connectivity index (χ1n) is 13.4. The first-order chi connectivity index (χ1) is 21.4. The van der Waals surface area contributed by atoms with Crippen LogP contribution < -0.4 is 15.0 Å². The minimum atomic E-state index is -0.347. The molecule has 0 N–H and O–H groups in total. The largest absolute Gasteiger partial charge is 0.490 e. The zero-order chi connectivity index (χ0) is 30.8. The molecule has 8 nitrogen and oxygen atoms in total. The van der Waals surface area contributed by atoms with Crippen molar-refractivity contribution >= 4 is 75.9 Å². The molecule has 0 radical (unpaired) electrons. The molecule has 0 fully saturated rings. The number of hydrogen-bond donors (Lipinski definition) is 0. The zero-order valence-electron chi connectivity index (χ0n) is 23.1. The van der Waals surface area contributed by atoms with Gasteiger partial charge in [-0.05, 0) is 87.3 Å². The smallest absolute Gasteiger partial charge is 0.282 e. The molecule has 0 amide bonds. The molecule has 218 valence electrons. The maximum Gasteiger partial charge on any atom is 0.282 e. The molecule has 6 rings (SSSR count). The second kappa shape index (κ2) is 12.8. The Labute approximate surface area is 276 Å². The first kappa shape index (κ1) is 29.8. The van der Waals surface area contributed by atoms with Gasteiger partial charge in [0.15, 0.2) is 17.3 Å². The van der Waals surface area contributed by atoms with Gasteiger partial charge in [-0.1, -0.05) is 46.3 Å². The van der Waals surface area contributed by atoms with Crippen LogP contribution in [0.25, 0.3) is 33.5 Å². The van der Waals surface area contributed by atoms with E-state index in [1.807, 2.05) is 55.5 Å². The predicted molar refractivity (Wildman–Crippen MR) is 180 cm³/mol. The summed E-state index contributed by atoms with van der Waals surface area (Å²) in [7, 11) is 0. The number of aromatic nitrogens is 2. The summed E-state index contributed by atoms with van der Waals surface area (Å²) < 4.78 is 21.5. The molecule has 0 spiro atoms. The summed E-state index contributed by atoms with van der Waals surface area (Å²) in [5.41, 5.74) is 2.74. The number of rotatable bonds is 8. The second-order valence-corrected chi connectivity index (χ2v) is 12.0. The number of halogens is 3. The van der Waals surface area contributed by atoms with Gasteiger partial charge in [0.05, 0.1) is 39.8 Å². The van der Waals surface area contributed by atoms with Crippen molar-refractivity contribution in [3.8, 4) is 29.2 Å². The Morgan fingerprint density at radius 2 is 1.80 bits per heavy atom. The van der Waals surface area contributed by atoms with Crippen molar-refractivity contribution in [2.75, 3.05) is 6.61 Å². The van der Waals surface area contributed by atoms with Gasteiger partial charge in [-0.25, -0.2) is 4.98 Å². The van der Waals surface area contributed by atoms with Crippen molar-refractivity contribution in [3.63, 3.8) is 0 Å². The van der Waals surface area contributed by atoms with Crippen LogP contribution in [0, 0.1) is 11.3 Å². The van der Waals surface area contributed by atoms with Crippen molar-refractivity contribution in [2.24, 2.45) is 5.10 Å². The average Bonchev–Trinajstić information content (AvgIpc) is 3.46. The fraction of sp³-hybridized carbons (Fsp3) is 0.0909. The minimum absolute atomic E-state index is 0.165. The van der Waals surface area contributed by atoms with Crippen molar-refractivity contribution in [2.45, 2.75) is 13.5 Å². The molecule has 0 aliphatic heterocycles. The first-order valence-corrected chi connectivity index (χ1v) is 15.8. The third kappa shape index (κ3) is 5.80. The number of furan rings is 1. The van der Waals surface area contributed by atoms with Crippen LogP contribution in [-0.4, -0.2) is 22.5 Å². The van der Waals surface area contributed by atoms with Gasteiger partial charge in [-0.2, -0.15) is 15.0 Å². The Balaban J connectivity index is 1.44. The van der Waals surface area contributed by atoms with E-state index in [0.29, 0.717) is 60.4 Å². The summed E-state index contributed by atoms with van der Waals surface area (Å²) in [6, 6.07) is 25.8. The maximum absolute atomic E-state index is 13.7. The molecule has 6 aromatic rings. The van der Waals surface area contributed by atoms with Crippen molar-refractivity contribution in [1.82, 2.24) is 9.66 Å². The van der Waals surface area contributed by atoms with Crippen LogP contribution in [0.15, 0.2) is 107 Å². The lowest BCUT2D eigenvalue weighted by Gasteiger charge is -2.17. The highest BCUT2D eigenvalue weighted by Gasteiger charge is 2.20. The van der Waals surface area contributed by atoms with Crippen LogP contribution in [0.1, 0.15) is 23.6 Å². The molecule has 0 saturated carbocycles. The van der Waals surface area contributed by atoms with Gasteiger partial charge in [-0.3, -0.25) is 4.79 Å². The molecule has 0 atom stereocenters. The van der Waals surface area contributed by atoms with Crippen LogP contribution in [0.4, 0.5) is 0 Å². The van der Waals surface area contributed by atoms with Gasteiger partial charge < -0.3 is 13.9 Å². The quantitative estimate of drug-likeness (QED) is 0.143. The summed E-state index contributed by atoms with van der Waals surface area (Å²) >= 11 is 10.8. The molecule has 2 heterocycles. The second-order valence-electron chi connectivity index (χ2n) is 9.52. The number of nitriles is 1. The van der Waals surface area contributed by atoms with E-state index >= 15 is 0 Å². The Kier molecular flexibility index (Phi) is 8.66. The molecular weight excluding hydrogens is 756 g/mol. The number of hydrogen-bond acceptors (Lipinski definition) is 7. The third-order valence-corrected chi connectivity index (χ3v) is 9.37. The summed E-state index contributed by atoms with van der Waals surface area (Å²) in [4.78, 5) is 18.5. The molecule has 0 unspecified atom stereocenters. The topological polar surface area (TPSA) is 103 Å². The highest BCUT2D eigenvalue weighted by Crippen LogP contribution is 2.43. The fourth-order valence-electron chi connectivity index (χ4n) is 4.64. The molecular formula is C33H21Br3N4O4. The monoisotopic (exact) mass is 774 g/mol. The van der Waals surface area contributed by atoms with Crippen LogP contribution >= 0.6 is 47.8 Å². The average molecular weight is 777 g/mol. The minimum Gasteiger partial charge on any atom is -0.490 e.